The number of hydrogen-bond acceptors (Lipinski definition) is 6. The van der Waals surface area contributed by atoms with Gasteiger partial charge in [0, 0.05) is 19.0 Å². The van der Waals surface area contributed by atoms with Gasteiger partial charge in [-0.05, 0) is 69.4 Å². The van der Waals surface area contributed by atoms with Crippen molar-refractivity contribution < 1.29 is 28.9 Å². The maximum atomic E-state index is 14.7. The fraction of sp³-hybridized carbons (Fsp3) is 0.786. The van der Waals surface area contributed by atoms with Crippen molar-refractivity contribution in [2.75, 3.05) is 19.7 Å². The second kappa shape index (κ2) is 8.42. The smallest absolute Gasteiger partial charge is 0.410 e. The van der Waals surface area contributed by atoms with Crippen molar-refractivity contribution in [2.24, 2.45) is 28.6 Å². The summed E-state index contributed by atoms with van der Waals surface area (Å²) < 4.78 is 18.5. The van der Waals surface area contributed by atoms with Crippen LogP contribution in [-0.4, -0.2) is 65.2 Å². The molecule has 1 heterocycles. The predicted molar refractivity (Wildman–Crippen MR) is 133 cm³/mol. The Morgan fingerprint density at radius 2 is 1.80 bits per heavy atom. The van der Waals surface area contributed by atoms with Crippen LogP contribution in [0.2, 0.25) is 0 Å². The quantitative estimate of drug-likeness (QED) is 0.588. The van der Waals surface area contributed by atoms with Gasteiger partial charge in [0.25, 0.3) is 0 Å². The molecule has 0 aromatic heterocycles. The molecule has 1 N–H and O–H groups in total. The van der Waals surface area contributed by atoms with Crippen molar-refractivity contribution >= 4 is 11.9 Å². The molecule has 4 aliphatic rings. The van der Waals surface area contributed by atoms with Gasteiger partial charge in [-0.3, -0.25) is 4.79 Å². The Bertz CT molecular complexity index is 962. The van der Waals surface area contributed by atoms with E-state index in [1.54, 1.807) is 4.90 Å². The summed E-state index contributed by atoms with van der Waals surface area (Å²) in [6.45, 7) is 19.0. The van der Waals surface area contributed by atoms with Crippen molar-refractivity contribution in [2.45, 2.75) is 92.3 Å². The molecule has 2 fully saturated rings. The molecule has 7 heteroatoms. The van der Waals surface area contributed by atoms with Crippen LogP contribution in [0.1, 0.15) is 68.7 Å². The van der Waals surface area contributed by atoms with Crippen LogP contribution in [0.3, 0.4) is 0 Å². The molecule has 4 rings (SSSR count). The maximum absolute atomic E-state index is 14.7. The summed E-state index contributed by atoms with van der Waals surface area (Å²) in [6.07, 6.45) is 2.28. The van der Waals surface area contributed by atoms with Crippen molar-refractivity contribution in [3.8, 4) is 0 Å². The van der Waals surface area contributed by atoms with Crippen LogP contribution in [0.15, 0.2) is 23.3 Å². The molecule has 3 aliphatic carbocycles. The average Bonchev–Trinajstić information content (AvgIpc) is 2.93. The predicted octanol–water partition coefficient (Wildman–Crippen LogP) is 4.49. The molecule has 2 unspecified atom stereocenters. The topological polar surface area (TPSA) is 85.3 Å². The summed E-state index contributed by atoms with van der Waals surface area (Å²) in [6, 6.07) is 0. The van der Waals surface area contributed by atoms with Gasteiger partial charge in [0.15, 0.2) is 23.3 Å². The molecule has 1 amide bonds. The van der Waals surface area contributed by atoms with Crippen molar-refractivity contribution in [3.63, 3.8) is 0 Å². The molecule has 196 valence electrons. The van der Waals surface area contributed by atoms with E-state index in [2.05, 4.69) is 20.8 Å². The van der Waals surface area contributed by atoms with E-state index in [0.717, 1.165) is 12.0 Å². The fourth-order valence-corrected chi connectivity index (χ4v) is 7.02. The molecule has 1 saturated heterocycles. The number of ether oxygens (including phenoxy) is 3. The first-order chi connectivity index (χ1) is 16.2. The van der Waals surface area contributed by atoms with E-state index in [1.807, 2.05) is 53.7 Å². The molecule has 2 bridgehead atoms. The molecule has 0 aromatic carbocycles. The van der Waals surface area contributed by atoms with Crippen LogP contribution in [0.4, 0.5) is 4.79 Å². The van der Waals surface area contributed by atoms with Gasteiger partial charge in [0.2, 0.25) is 0 Å². The zero-order chi connectivity index (χ0) is 26.1. The van der Waals surface area contributed by atoms with E-state index in [4.69, 9.17) is 14.2 Å². The lowest BCUT2D eigenvalue weighted by atomic mass is 9.59. The van der Waals surface area contributed by atoms with Gasteiger partial charge in [-0.25, -0.2) is 4.79 Å². The third-order valence-electron chi connectivity index (χ3n) is 9.52. The van der Waals surface area contributed by atoms with Gasteiger partial charge in [0.1, 0.15) is 6.10 Å². The first kappa shape index (κ1) is 26.4. The molecule has 7 nitrogen and oxygen atoms in total. The van der Waals surface area contributed by atoms with Gasteiger partial charge in [-0.15, -0.1) is 0 Å². The lowest BCUT2D eigenvalue weighted by molar-refractivity contribution is -0.303. The Balaban J connectivity index is 1.96. The Morgan fingerprint density at radius 3 is 2.40 bits per heavy atom. The van der Waals surface area contributed by atoms with Crippen LogP contribution in [0, 0.1) is 28.6 Å². The lowest BCUT2D eigenvalue weighted by Crippen LogP contribution is -2.68. The van der Waals surface area contributed by atoms with Gasteiger partial charge >= 0.3 is 6.09 Å². The van der Waals surface area contributed by atoms with Gasteiger partial charge in [-0.1, -0.05) is 39.8 Å². The number of hydrogen-bond donors (Lipinski definition) is 1. The normalized spacial score (nSPS) is 41.5. The zero-order valence-corrected chi connectivity index (χ0v) is 22.8. The highest BCUT2D eigenvalue weighted by Crippen LogP contribution is 2.63. The molecule has 7 atom stereocenters. The third kappa shape index (κ3) is 3.56. The lowest BCUT2D eigenvalue weighted by Gasteiger charge is -2.52. The number of nitrogens with zero attached hydrogens (tertiary/aromatic N) is 1. The third-order valence-corrected chi connectivity index (χ3v) is 9.52. The Labute approximate surface area is 209 Å². The molecule has 0 aromatic rings. The molecular formula is C28H43NO6. The number of amides is 1. The van der Waals surface area contributed by atoms with E-state index >= 15 is 0 Å². The number of carbonyl (C=O) groups excluding carboxylic acids is 2. The first-order valence-corrected chi connectivity index (χ1v) is 13.1. The van der Waals surface area contributed by atoms with Gasteiger partial charge in [0.05, 0.1) is 12.0 Å². The van der Waals surface area contributed by atoms with Gasteiger partial charge in [-0.2, -0.15) is 0 Å². The van der Waals surface area contributed by atoms with Crippen LogP contribution >= 0.6 is 0 Å². The highest BCUT2D eigenvalue weighted by Gasteiger charge is 2.74. The van der Waals surface area contributed by atoms with E-state index in [9.17, 15) is 14.7 Å². The summed E-state index contributed by atoms with van der Waals surface area (Å²) in [4.78, 5) is 29.4. The number of carbonyl (C=O) groups is 2. The minimum absolute atomic E-state index is 0.0223. The van der Waals surface area contributed by atoms with E-state index in [0.29, 0.717) is 18.7 Å². The maximum Gasteiger partial charge on any atom is 0.410 e. The highest BCUT2D eigenvalue weighted by atomic mass is 16.7. The molecule has 35 heavy (non-hydrogen) atoms. The van der Waals surface area contributed by atoms with Crippen molar-refractivity contribution in [3.05, 3.63) is 23.3 Å². The second-order valence-electron chi connectivity index (χ2n) is 12.1. The minimum Gasteiger partial charge on any atom is -0.438 e. The molecule has 1 spiro atoms. The Morgan fingerprint density at radius 1 is 1.17 bits per heavy atom. The van der Waals surface area contributed by atoms with Crippen molar-refractivity contribution in [1.82, 2.24) is 4.90 Å². The number of Topliss-reactive ketones (excluding diaryl/α,β-unsaturated/α-hetero) is 1. The highest BCUT2D eigenvalue weighted by molar-refractivity contribution is 5.95. The first-order valence-electron chi connectivity index (χ1n) is 13.1. The summed E-state index contributed by atoms with van der Waals surface area (Å²) in [5, 5.41) is 13.0. The van der Waals surface area contributed by atoms with Crippen LogP contribution in [0.25, 0.3) is 0 Å². The summed E-state index contributed by atoms with van der Waals surface area (Å²) >= 11 is 0. The van der Waals surface area contributed by atoms with E-state index in [1.165, 1.54) is 0 Å². The van der Waals surface area contributed by atoms with Crippen LogP contribution < -0.4 is 0 Å². The van der Waals surface area contributed by atoms with Crippen LogP contribution in [-0.2, 0) is 19.0 Å². The zero-order valence-electron chi connectivity index (χ0n) is 22.8. The number of ketones is 1. The molecule has 0 radical (unpaired) electrons. The standard InChI is InChI=1S/C28H43NO6/c1-10-29(11-2)24(31)34-22-16(3)14-27-18(5)12-17(4)25(6,7)20(21(27)30)13-19-15-33-26(8,9)35-23(19)28(22,27)32/h13-14,17-18,20,22-23,32H,10-12,15H2,1-9H3/t17-,18?,20+,22-,23+,27?,28+/m0/s1. The van der Waals surface area contributed by atoms with E-state index < -0.39 is 41.0 Å². The minimum atomic E-state index is -1.79. The van der Waals surface area contributed by atoms with Crippen molar-refractivity contribution in [1.29, 1.82) is 0 Å². The number of fused-ring (bicyclic) bond motifs is 3. The SMILES string of the molecule is CCN(CC)C(=O)O[C@H]1C(C)=CC23C(=O)[C@@H](C=C4COC(C)(C)O[C@H]4[C@]12O)C(C)(C)[C@@H](C)CC3C. The molecule has 1 aliphatic heterocycles. The monoisotopic (exact) mass is 489 g/mol. The fourth-order valence-electron chi connectivity index (χ4n) is 7.02. The number of rotatable bonds is 3. The molecule has 1 saturated carbocycles. The van der Waals surface area contributed by atoms with Crippen LogP contribution in [0.5, 0.6) is 0 Å². The summed E-state index contributed by atoms with van der Waals surface area (Å²) in [7, 11) is 0. The largest absolute Gasteiger partial charge is 0.438 e. The Hall–Kier alpha value is -1.70. The van der Waals surface area contributed by atoms with E-state index in [-0.39, 0.29) is 29.6 Å². The second-order valence-corrected chi connectivity index (χ2v) is 12.1. The number of allylic oxidation sites excluding steroid dienone is 1. The van der Waals surface area contributed by atoms with Gasteiger partial charge < -0.3 is 24.2 Å². The number of aliphatic hydroxyl groups is 1. The Kier molecular flexibility index (Phi) is 6.34. The molecular weight excluding hydrogens is 446 g/mol. The summed E-state index contributed by atoms with van der Waals surface area (Å²) in [5.74, 6) is -1.37. The average molecular weight is 490 g/mol. The summed E-state index contributed by atoms with van der Waals surface area (Å²) in [5.41, 5.74) is -1.95.